The third kappa shape index (κ3) is 2.63. The van der Waals surface area contributed by atoms with Crippen LogP contribution in [0.4, 0.5) is 0 Å². The largest absolute Gasteiger partial charge is 0.311 e. The third-order valence-corrected chi connectivity index (χ3v) is 4.04. The summed E-state index contributed by atoms with van der Waals surface area (Å²) < 4.78 is 0. The van der Waals surface area contributed by atoms with Gasteiger partial charge in [0.25, 0.3) is 0 Å². The molecule has 0 aromatic carbocycles. The smallest absolute Gasteiger partial charge is 0.0138 e. The molecule has 2 aliphatic carbocycles. The van der Waals surface area contributed by atoms with Gasteiger partial charge in [0.1, 0.15) is 0 Å². The van der Waals surface area contributed by atoms with Crippen LogP contribution >= 0.6 is 0 Å². The van der Waals surface area contributed by atoms with Gasteiger partial charge in [-0.2, -0.15) is 0 Å². The first-order chi connectivity index (χ1) is 7.16. The highest BCUT2D eigenvalue weighted by Crippen LogP contribution is 2.42. The molecule has 0 aliphatic heterocycles. The minimum atomic E-state index is 0.701. The average Bonchev–Trinajstić information content (AvgIpc) is 2.53. The third-order valence-electron chi connectivity index (χ3n) is 4.04. The van der Waals surface area contributed by atoms with E-state index < -0.39 is 0 Å². The van der Waals surface area contributed by atoms with Crippen molar-refractivity contribution in [3.63, 3.8) is 0 Å². The molecule has 86 valence electrons. The van der Waals surface area contributed by atoms with Crippen LogP contribution in [0.1, 0.15) is 46.5 Å². The Labute approximate surface area is 94.3 Å². The molecule has 1 nitrogen and oxygen atoms in total. The molecule has 1 N–H and O–H groups in total. The van der Waals surface area contributed by atoms with Crippen molar-refractivity contribution in [3.05, 3.63) is 12.2 Å². The summed E-state index contributed by atoms with van der Waals surface area (Å²) in [5.74, 6) is 2.70. The number of nitrogens with one attached hydrogen (secondary N) is 1. The molecule has 1 saturated carbocycles. The van der Waals surface area contributed by atoms with Crippen LogP contribution < -0.4 is 5.32 Å². The second-order valence-corrected chi connectivity index (χ2v) is 5.88. The maximum absolute atomic E-state index is 3.79. The molecule has 0 amide bonds. The standard InChI is InChI=1S/C14H25N/c1-10(2)7-8-11(3)15-14-9-12-5-4-6-13(12)14/h4,6,10-15H,5,7-9H2,1-3H3. The molecule has 1 fully saturated rings. The van der Waals surface area contributed by atoms with Crippen molar-refractivity contribution in [1.29, 1.82) is 0 Å². The summed E-state index contributed by atoms with van der Waals surface area (Å²) in [4.78, 5) is 0. The molecule has 0 aromatic rings. The zero-order chi connectivity index (χ0) is 10.8. The Morgan fingerprint density at radius 2 is 2.07 bits per heavy atom. The van der Waals surface area contributed by atoms with Gasteiger partial charge >= 0.3 is 0 Å². The molecule has 0 heterocycles. The van der Waals surface area contributed by atoms with Crippen LogP contribution in [-0.4, -0.2) is 12.1 Å². The van der Waals surface area contributed by atoms with Gasteiger partial charge in [0.2, 0.25) is 0 Å². The number of hydrogen-bond acceptors (Lipinski definition) is 1. The molecule has 1 heteroatoms. The molecule has 0 saturated heterocycles. The lowest BCUT2D eigenvalue weighted by atomic mass is 9.71. The Hall–Kier alpha value is -0.300. The molecule has 0 aromatic heterocycles. The van der Waals surface area contributed by atoms with Crippen molar-refractivity contribution in [2.24, 2.45) is 17.8 Å². The van der Waals surface area contributed by atoms with Gasteiger partial charge in [-0.05, 0) is 50.4 Å². The molecule has 4 atom stereocenters. The highest BCUT2D eigenvalue weighted by atomic mass is 15.0. The highest BCUT2D eigenvalue weighted by Gasteiger charge is 2.40. The van der Waals surface area contributed by atoms with Gasteiger partial charge in [0.05, 0.1) is 0 Å². The molecular weight excluding hydrogens is 182 g/mol. The van der Waals surface area contributed by atoms with E-state index in [0.29, 0.717) is 6.04 Å². The second kappa shape index (κ2) is 4.69. The van der Waals surface area contributed by atoms with Gasteiger partial charge in [-0.25, -0.2) is 0 Å². The fourth-order valence-corrected chi connectivity index (χ4v) is 2.94. The van der Waals surface area contributed by atoms with E-state index >= 15 is 0 Å². The normalized spacial score (nSPS) is 35.3. The zero-order valence-electron chi connectivity index (χ0n) is 10.4. The average molecular weight is 207 g/mol. The van der Waals surface area contributed by atoms with E-state index in [4.69, 9.17) is 0 Å². The lowest BCUT2D eigenvalue weighted by molar-refractivity contribution is 0.149. The van der Waals surface area contributed by atoms with Crippen molar-refractivity contribution >= 4 is 0 Å². The van der Waals surface area contributed by atoms with E-state index in [2.05, 4.69) is 38.2 Å². The molecule has 2 aliphatic rings. The number of allylic oxidation sites excluding steroid dienone is 1. The second-order valence-electron chi connectivity index (χ2n) is 5.88. The monoisotopic (exact) mass is 207 g/mol. The van der Waals surface area contributed by atoms with Gasteiger partial charge in [-0.3, -0.25) is 0 Å². The molecular formula is C14H25N. The Morgan fingerprint density at radius 1 is 1.27 bits per heavy atom. The van der Waals surface area contributed by atoms with Gasteiger partial charge in [-0.15, -0.1) is 0 Å². The molecule has 0 spiro atoms. The Balaban J connectivity index is 1.66. The van der Waals surface area contributed by atoms with Crippen molar-refractivity contribution in [2.75, 3.05) is 0 Å². The van der Waals surface area contributed by atoms with Crippen molar-refractivity contribution < 1.29 is 0 Å². The summed E-state index contributed by atoms with van der Waals surface area (Å²) in [6, 6.07) is 1.49. The number of rotatable bonds is 5. The summed E-state index contributed by atoms with van der Waals surface area (Å²) in [6.07, 6.45) is 10.2. The van der Waals surface area contributed by atoms with E-state index in [1.165, 1.54) is 25.7 Å². The van der Waals surface area contributed by atoms with Gasteiger partial charge in [-0.1, -0.05) is 26.0 Å². The van der Waals surface area contributed by atoms with Crippen LogP contribution in [0, 0.1) is 17.8 Å². The van der Waals surface area contributed by atoms with Gasteiger partial charge < -0.3 is 5.32 Å². The summed E-state index contributed by atoms with van der Waals surface area (Å²) in [7, 11) is 0. The van der Waals surface area contributed by atoms with E-state index in [0.717, 1.165) is 23.8 Å². The summed E-state index contributed by atoms with van der Waals surface area (Å²) >= 11 is 0. The van der Waals surface area contributed by atoms with E-state index in [1.54, 1.807) is 0 Å². The fraction of sp³-hybridized carbons (Fsp3) is 0.857. The minimum Gasteiger partial charge on any atom is -0.311 e. The maximum atomic E-state index is 3.79. The summed E-state index contributed by atoms with van der Waals surface area (Å²) in [5.41, 5.74) is 0. The van der Waals surface area contributed by atoms with E-state index in [1.807, 2.05) is 0 Å². The van der Waals surface area contributed by atoms with Crippen LogP contribution in [0.5, 0.6) is 0 Å². The first-order valence-electron chi connectivity index (χ1n) is 6.59. The first-order valence-corrected chi connectivity index (χ1v) is 6.59. The minimum absolute atomic E-state index is 0.701. The van der Waals surface area contributed by atoms with Crippen LogP contribution in [0.2, 0.25) is 0 Å². The highest BCUT2D eigenvalue weighted by molar-refractivity contribution is 5.13. The molecule has 15 heavy (non-hydrogen) atoms. The summed E-state index contributed by atoms with van der Waals surface area (Å²) in [5, 5.41) is 3.79. The van der Waals surface area contributed by atoms with Crippen LogP contribution in [-0.2, 0) is 0 Å². The zero-order valence-corrected chi connectivity index (χ0v) is 10.4. The molecule has 4 unspecified atom stereocenters. The predicted octanol–water partition coefficient (Wildman–Crippen LogP) is 3.37. The van der Waals surface area contributed by atoms with E-state index in [-0.39, 0.29) is 0 Å². The van der Waals surface area contributed by atoms with Crippen molar-refractivity contribution in [1.82, 2.24) is 5.32 Å². The van der Waals surface area contributed by atoms with Crippen molar-refractivity contribution in [3.8, 4) is 0 Å². The Bertz CT molecular complexity index is 231. The quantitative estimate of drug-likeness (QED) is 0.682. The van der Waals surface area contributed by atoms with Crippen molar-refractivity contribution in [2.45, 2.75) is 58.5 Å². The summed E-state index contributed by atoms with van der Waals surface area (Å²) in [6.45, 7) is 6.96. The maximum Gasteiger partial charge on any atom is 0.0138 e. The lowest BCUT2D eigenvalue weighted by Crippen LogP contribution is -2.51. The Kier molecular flexibility index (Phi) is 3.50. The first kappa shape index (κ1) is 11.2. The van der Waals surface area contributed by atoms with Crippen LogP contribution in [0.3, 0.4) is 0 Å². The Morgan fingerprint density at radius 3 is 2.73 bits per heavy atom. The number of fused-ring (bicyclic) bond motifs is 1. The molecule has 2 rings (SSSR count). The van der Waals surface area contributed by atoms with Crippen LogP contribution in [0.15, 0.2) is 12.2 Å². The predicted molar refractivity (Wildman–Crippen MR) is 65.8 cm³/mol. The van der Waals surface area contributed by atoms with E-state index in [9.17, 15) is 0 Å². The fourth-order valence-electron chi connectivity index (χ4n) is 2.94. The number of hydrogen-bond donors (Lipinski definition) is 1. The molecule has 0 bridgehead atoms. The van der Waals surface area contributed by atoms with Gasteiger partial charge in [0.15, 0.2) is 0 Å². The van der Waals surface area contributed by atoms with Crippen LogP contribution in [0.25, 0.3) is 0 Å². The molecule has 0 radical (unpaired) electrons. The lowest BCUT2D eigenvalue weighted by Gasteiger charge is -2.42. The van der Waals surface area contributed by atoms with Gasteiger partial charge in [0, 0.05) is 12.1 Å². The topological polar surface area (TPSA) is 12.0 Å². The SMILES string of the molecule is CC(C)CCC(C)NC1CC2CC=CC21.